The molecule has 0 heterocycles. The number of benzene rings is 4. The summed E-state index contributed by atoms with van der Waals surface area (Å²) >= 11 is 12.3. The molecule has 0 aromatic heterocycles. The molecule has 0 aliphatic heterocycles. The van der Waals surface area contributed by atoms with Gasteiger partial charge < -0.3 is 10.2 Å². The van der Waals surface area contributed by atoms with Gasteiger partial charge >= 0.3 is 0 Å². The zero-order valence-electron chi connectivity index (χ0n) is 14.4. The molecule has 0 spiro atoms. The highest BCUT2D eigenvalue weighted by molar-refractivity contribution is 6.32. The molecule has 0 saturated carbocycles. The van der Waals surface area contributed by atoms with E-state index in [9.17, 15) is 10.2 Å². The van der Waals surface area contributed by atoms with Gasteiger partial charge in [0, 0.05) is 32.3 Å². The number of phenols is 2. The number of halogens is 2. The lowest BCUT2D eigenvalue weighted by Crippen LogP contribution is -1.91. The predicted molar refractivity (Wildman–Crippen MR) is 116 cm³/mol. The van der Waals surface area contributed by atoms with E-state index in [-0.39, 0.29) is 11.5 Å². The van der Waals surface area contributed by atoms with E-state index in [0.29, 0.717) is 53.8 Å². The molecule has 0 fully saturated rings. The zero-order valence-corrected chi connectivity index (χ0v) is 15.9. The number of aromatic hydroxyl groups is 2. The molecule has 4 heteroatoms. The van der Waals surface area contributed by atoms with Gasteiger partial charge in [-0.1, -0.05) is 47.2 Å². The summed E-state index contributed by atoms with van der Waals surface area (Å²) in [7, 11) is 0. The maximum absolute atomic E-state index is 10.8. The number of phenolic OH excluding ortho intramolecular Hbond substituents is 2. The molecular formula is C24H12Cl2O2. The second-order valence-corrected chi connectivity index (χ2v) is 7.18. The van der Waals surface area contributed by atoms with Gasteiger partial charge in [-0.05, 0) is 57.9 Å². The second kappa shape index (κ2) is 6.70. The lowest BCUT2D eigenvalue weighted by atomic mass is 9.89. The molecule has 0 amide bonds. The smallest absolute Gasteiger partial charge is 0.125 e. The maximum atomic E-state index is 10.8. The van der Waals surface area contributed by atoms with Crippen molar-refractivity contribution >= 4 is 44.7 Å². The number of terminal acetylenes is 2. The number of rotatable bonds is 1. The van der Waals surface area contributed by atoms with E-state index in [1.165, 1.54) is 12.1 Å². The summed E-state index contributed by atoms with van der Waals surface area (Å²) in [6.07, 6.45) is 11.2. The van der Waals surface area contributed by atoms with Gasteiger partial charge in [-0.3, -0.25) is 0 Å². The Kier molecular flexibility index (Phi) is 4.33. The molecule has 2 nitrogen and oxygen atoms in total. The fraction of sp³-hybridized carbons (Fsp3) is 0. The summed E-state index contributed by atoms with van der Waals surface area (Å²) in [5.74, 6) is 5.03. The van der Waals surface area contributed by atoms with Crippen LogP contribution in [0.1, 0.15) is 11.1 Å². The summed E-state index contributed by atoms with van der Waals surface area (Å²) in [6.45, 7) is 0. The lowest BCUT2D eigenvalue weighted by molar-refractivity contribution is 0.470. The third-order valence-electron chi connectivity index (χ3n) is 4.72. The first-order chi connectivity index (χ1) is 13.4. The van der Waals surface area contributed by atoms with Gasteiger partial charge in [0.25, 0.3) is 0 Å². The minimum absolute atomic E-state index is 0.0530. The van der Waals surface area contributed by atoms with Gasteiger partial charge in [-0.25, -0.2) is 0 Å². The molecular weight excluding hydrogens is 391 g/mol. The lowest BCUT2D eigenvalue weighted by Gasteiger charge is -2.16. The molecule has 0 aliphatic rings. The van der Waals surface area contributed by atoms with E-state index in [1.807, 2.05) is 0 Å². The zero-order chi connectivity index (χ0) is 20.0. The van der Waals surface area contributed by atoms with E-state index < -0.39 is 0 Å². The number of fused-ring (bicyclic) bond motifs is 2. The molecule has 2 N–H and O–H groups in total. The Bertz CT molecular complexity index is 1260. The Labute approximate surface area is 172 Å². The van der Waals surface area contributed by atoms with Crippen LogP contribution in [0.25, 0.3) is 32.7 Å². The minimum Gasteiger partial charge on any atom is -0.507 e. The first-order valence-electron chi connectivity index (χ1n) is 8.28. The summed E-state index contributed by atoms with van der Waals surface area (Å²) in [6, 6.07) is 13.4. The van der Waals surface area contributed by atoms with Crippen molar-refractivity contribution in [1.82, 2.24) is 0 Å². The fourth-order valence-electron chi connectivity index (χ4n) is 3.53. The highest BCUT2D eigenvalue weighted by Gasteiger charge is 2.20. The van der Waals surface area contributed by atoms with Crippen molar-refractivity contribution in [2.75, 3.05) is 0 Å². The Balaban J connectivity index is 2.23. The number of hydrogen-bond acceptors (Lipinski definition) is 2. The van der Waals surface area contributed by atoms with Crippen molar-refractivity contribution < 1.29 is 10.2 Å². The molecule has 0 aliphatic carbocycles. The molecule has 0 atom stereocenters. The molecule has 4 aromatic carbocycles. The number of hydrogen-bond donors (Lipinski definition) is 2. The van der Waals surface area contributed by atoms with E-state index in [4.69, 9.17) is 36.0 Å². The van der Waals surface area contributed by atoms with Gasteiger partial charge in [0.1, 0.15) is 11.5 Å². The van der Waals surface area contributed by atoms with E-state index in [0.717, 1.165) is 0 Å². The van der Waals surface area contributed by atoms with Crippen molar-refractivity contribution in [3.8, 4) is 47.3 Å². The predicted octanol–water partition coefficient (Wildman–Crippen LogP) is 6.34. The Hall–Kier alpha value is -3.30. The van der Waals surface area contributed by atoms with Crippen LogP contribution in [0.3, 0.4) is 0 Å². The molecule has 4 aromatic rings. The van der Waals surface area contributed by atoms with Gasteiger partial charge in [-0.2, -0.15) is 0 Å². The van der Waals surface area contributed by atoms with Crippen LogP contribution in [0.15, 0.2) is 48.5 Å². The van der Waals surface area contributed by atoms with Crippen molar-refractivity contribution in [1.29, 1.82) is 0 Å². The third kappa shape index (κ3) is 2.72. The molecule has 0 radical (unpaired) electrons. The van der Waals surface area contributed by atoms with Crippen LogP contribution >= 0.6 is 23.2 Å². The minimum atomic E-state index is -0.0530. The van der Waals surface area contributed by atoms with Gasteiger partial charge in [-0.15, -0.1) is 12.8 Å². The van der Waals surface area contributed by atoms with Crippen LogP contribution in [0, 0.1) is 24.7 Å². The topological polar surface area (TPSA) is 40.5 Å². The highest BCUT2D eigenvalue weighted by Crippen LogP contribution is 2.47. The van der Waals surface area contributed by atoms with Crippen molar-refractivity contribution in [3.05, 3.63) is 69.7 Å². The summed E-state index contributed by atoms with van der Waals surface area (Å²) in [4.78, 5) is 0. The first kappa shape index (κ1) is 18.1. The standard InChI is InChI=1S/C24H12Cl2O2/c1-3-13-9-21(27)23(17-7-5-15(25)11-19(13)17)24-18-8-6-16(26)12-20(18)14(4-2)10-22(24)28/h1-2,5-12,27-28H. The van der Waals surface area contributed by atoms with Crippen LogP contribution in [0.5, 0.6) is 11.5 Å². The van der Waals surface area contributed by atoms with Crippen LogP contribution in [-0.2, 0) is 0 Å². The molecule has 0 bridgehead atoms. The molecule has 28 heavy (non-hydrogen) atoms. The second-order valence-electron chi connectivity index (χ2n) is 6.30. The van der Waals surface area contributed by atoms with Crippen molar-refractivity contribution in [2.24, 2.45) is 0 Å². The van der Waals surface area contributed by atoms with Crippen LogP contribution in [0.4, 0.5) is 0 Å². The molecule has 134 valence electrons. The van der Waals surface area contributed by atoms with Crippen molar-refractivity contribution in [3.63, 3.8) is 0 Å². The Morgan fingerprint density at radius 2 is 1.00 bits per heavy atom. The van der Waals surface area contributed by atoms with Gasteiger partial charge in [0.05, 0.1) is 0 Å². The highest BCUT2D eigenvalue weighted by atomic mass is 35.5. The van der Waals surface area contributed by atoms with Gasteiger partial charge in [0.2, 0.25) is 0 Å². The quantitative estimate of drug-likeness (QED) is 0.364. The molecule has 0 unspecified atom stereocenters. The Morgan fingerprint density at radius 3 is 1.36 bits per heavy atom. The first-order valence-corrected chi connectivity index (χ1v) is 9.04. The summed E-state index contributed by atoms with van der Waals surface area (Å²) in [5.41, 5.74) is 1.90. The van der Waals surface area contributed by atoms with Crippen molar-refractivity contribution in [2.45, 2.75) is 0 Å². The average Bonchev–Trinajstić information content (AvgIpc) is 2.68. The average molecular weight is 403 g/mol. The summed E-state index contributed by atoms with van der Waals surface area (Å²) in [5, 5.41) is 25.4. The van der Waals surface area contributed by atoms with Crippen LogP contribution < -0.4 is 0 Å². The third-order valence-corrected chi connectivity index (χ3v) is 5.19. The van der Waals surface area contributed by atoms with Crippen LogP contribution in [0.2, 0.25) is 10.0 Å². The SMILES string of the molecule is C#Cc1cc(O)c(-c2c(O)cc(C#C)c3cc(Cl)ccc23)c2ccc(Cl)cc12. The fourth-order valence-corrected chi connectivity index (χ4v) is 3.87. The van der Waals surface area contributed by atoms with E-state index >= 15 is 0 Å². The van der Waals surface area contributed by atoms with Gasteiger partial charge in [0.15, 0.2) is 0 Å². The van der Waals surface area contributed by atoms with E-state index in [2.05, 4.69) is 11.8 Å². The van der Waals surface area contributed by atoms with E-state index in [1.54, 1.807) is 36.4 Å². The molecule has 0 saturated heterocycles. The van der Waals surface area contributed by atoms with Crippen LogP contribution in [-0.4, -0.2) is 10.2 Å². The maximum Gasteiger partial charge on any atom is 0.125 e. The normalized spacial score (nSPS) is 10.7. The molecule has 4 rings (SSSR count). The Morgan fingerprint density at radius 1 is 0.607 bits per heavy atom. The largest absolute Gasteiger partial charge is 0.507 e. The summed E-state index contributed by atoms with van der Waals surface area (Å²) < 4.78 is 0. The monoisotopic (exact) mass is 402 g/mol.